The highest BCUT2D eigenvalue weighted by atomic mass is 32.2. The van der Waals surface area contributed by atoms with Crippen LogP contribution < -0.4 is 0 Å². The summed E-state index contributed by atoms with van der Waals surface area (Å²) in [6.07, 6.45) is 1.86. The number of hydrogen-bond donors (Lipinski definition) is 0. The number of benzene rings is 2. The van der Waals surface area contributed by atoms with Crippen LogP contribution in [0.15, 0.2) is 72.0 Å². The minimum atomic E-state index is 0.0955. The lowest BCUT2D eigenvalue weighted by Crippen LogP contribution is -2.27. The summed E-state index contributed by atoms with van der Waals surface area (Å²) in [4.78, 5) is 18.6. The van der Waals surface area contributed by atoms with Gasteiger partial charge < -0.3 is 9.47 Å². The summed E-state index contributed by atoms with van der Waals surface area (Å²) in [5.41, 5.74) is 3.30. The van der Waals surface area contributed by atoms with E-state index in [1.807, 2.05) is 73.4 Å². The van der Waals surface area contributed by atoms with Gasteiger partial charge in [-0.15, -0.1) is 0 Å². The van der Waals surface area contributed by atoms with E-state index in [1.54, 1.807) is 4.90 Å². The number of amides is 1. The third-order valence-electron chi connectivity index (χ3n) is 4.03. The van der Waals surface area contributed by atoms with E-state index in [4.69, 9.17) is 0 Å². The molecular formula is C20H21N3OS. The van der Waals surface area contributed by atoms with Gasteiger partial charge in [0.2, 0.25) is 5.91 Å². The molecule has 0 aliphatic carbocycles. The van der Waals surface area contributed by atoms with E-state index < -0.39 is 0 Å². The van der Waals surface area contributed by atoms with E-state index in [0.29, 0.717) is 12.3 Å². The lowest BCUT2D eigenvalue weighted by Gasteiger charge is -2.17. The van der Waals surface area contributed by atoms with Crippen molar-refractivity contribution in [3.05, 3.63) is 72.4 Å². The first-order valence-electron chi connectivity index (χ1n) is 8.13. The minimum absolute atomic E-state index is 0.0955. The van der Waals surface area contributed by atoms with Crippen molar-refractivity contribution in [2.75, 3.05) is 12.8 Å². The van der Waals surface area contributed by atoms with Crippen molar-refractivity contribution in [3.8, 4) is 11.3 Å². The van der Waals surface area contributed by atoms with Crippen molar-refractivity contribution in [2.45, 2.75) is 11.7 Å². The summed E-state index contributed by atoms with van der Waals surface area (Å²) in [6.45, 7) is 0.621. The Kier molecular flexibility index (Phi) is 5.56. The van der Waals surface area contributed by atoms with Crippen LogP contribution in [-0.2, 0) is 18.4 Å². The number of rotatable bonds is 6. The Morgan fingerprint density at radius 1 is 1.08 bits per heavy atom. The molecule has 0 saturated carbocycles. The molecule has 0 radical (unpaired) electrons. The molecule has 3 aromatic rings. The third-order valence-corrected chi connectivity index (χ3v) is 5.06. The average Bonchev–Trinajstić information content (AvgIpc) is 3.02. The standard InChI is InChI=1S/C20H21N3OS/c1-22(14-16-9-5-3-6-10-16)19(24)15-25-20-21-13-18(23(20)2)17-11-7-4-8-12-17/h3-13H,14-15H2,1-2H3. The largest absolute Gasteiger partial charge is 0.341 e. The predicted octanol–water partition coefficient (Wildman–Crippen LogP) is 3.84. The second-order valence-electron chi connectivity index (χ2n) is 5.88. The number of nitrogens with zero attached hydrogens (tertiary/aromatic N) is 3. The Balaban J connectivity index is 1.60. The Labute approximate surface area is 152 Å². The second kappa shape index (κ2) is 8.03. The first kappa shape index (κ1) is 17.3. The lowest BCUT2D eigenvalue weighted by atomic mass is 10.2. The molecule has 0 fully saturated rings. The number of hydrogen-bond acceptors (Lipinski definition) is 3. The van der Waals surface area contributed by atoms with Crippen LogP contribution in [0.1, 0.15) is 5.56 Å². The van der Waals surface area contributed by atoms with Crippen LogP contribution in [0.2, 0.25) is 0 Å². The number of carbonyl (C=O) groups is 1. The minimum Gasteiger partial charge on any atom is -0.341 e. The molecule has 25 heavy (non-hydrogen) atoms. The van der Waals surface area contributed by atoms with E-state index in [0.717, 1.165) is 22.0 Å². The van der Waals surface area contributed by atoms with Crippen LogP contribution in [0.4, 0.5) is 0 Å². The van der Waals surface area contributed by atoms with Crippen molar-refractivity contribution in [3.63, 3.8) is 0 Å². The van der Waals surface area contributed by atoms with E-state index in [2.05, 4.69) is 17.1 Å². The van der Waals surface area contributed by atoms with Gasteiger partial charge in [0.05, 0.1) is 17.6 Å². The zero-order valence-electron chi connectivity index (χ0n) is 14.4. The van der Waals surface area contributed by atoms with Crippen molar-refractivity contribution in [1.82, 2.24) is 14.5 Å². The molecule has 1 amide bonds. The Bertz CT molecular complexity index is 831. The normalized spacial score (nSPS) is 10.6. The Morgan fingerprint density at radius 2 is 1.72 bits per heavy atom. The molecule has 0 atom stereocenters. The zero-order valence-corrected chi connectivity index (χ0v) is 15.2. The fourth-order valence-electron chi connectivity index (χ4n) is 2.59. The molecule has 128 valence electrons. The van der Waals surface area contributed by atoms with Gasteiger partial charge in [-0.2, -0.15) is 0 Å². The number of aromatic nitrogens is 2. The summed E-state index contributed by atoms with van der Waals surface area (Å²) in [5, 5.41) is 0.848. The van der Waals surface area contributed by atoms with Crippen LogP contribution >= 0.6 is 11.8 Å². The molecule has 0 bridgehead atoms. The third kappa shape index (κ3) is 4.31. The number of imidazole rings is 1. The van der Waals surface area contributed by atoms with Crippen LogP contribution in [0.3, 0.4) is 0 Å². The molecule has 1 aromatic heterocycles. The van der Waals surface area contributed by atoms with Gasteiger partial charge in [-0.25, -0.2) is 4.98 Å². The molecule has 2 aromatic carbocycles. The predicted molar refractivity (Wildman–Crippen MR) is 102 cm³/mol. The highest BCUT2D eigenvalue weighted by Crippen LogP contribution is 2.24. The SMILES string of the molecule is CN(Cc1ccccc1)C(=O)CSc1ncc(-c2ccccc2)n1C. The molecule has 0 aliphatic rings. The van der Waals surface area contributed by atoms with Gasteiger partial charge in [0.1, 0.15) is 0 Å². The van der Waals surface area contributed by atoms with Gasteiger partial charge in [0.25, 0.3) is 0 Å². The van der Waals surface area contributed by atoms with Crippen LogP contribution in [-0.4, -0.2) is 33.2 Å². The average molecular weight is 351 g/mol. The first-order chi connectivity index (χ1) is 12.1. The van der Waals surface area contributed by atoms with Crippen molar-refractivity contribution >= 4 is 17.7 Å². The van der Waals surface area contributed by atoms with Gasteiger partial charge >= 0.3 is 0 Å². The zero-order chi connectivity index (χ0) is 17.6. The van der Waals surface area contributed by atoms with Gasteiger partial charge in [-0.3, -0.25) is 4.79 Å². The maximum Gasteiger partial charge on any atom is 0.233 e. The monoisotopic (exact) mass is 351 g/mol. The van der Waals surface area contributed by atoms with Gasteiger partial charge in [-0.1, -0.05) is 72.4 Å². The quantitative estimate of drug-likeness (QED) is 0.633. The molecule has 0 aliphatic heterocycles. The number of carbonyl (C=O) groups excluding carboxylic acids is 1. The summed E-state index contributed by atoms with van der Waals surface area (Å²) in [5.74, 6) is 0.473. The summed E-state index contributed by atoms with van der Waals surface area (Å²) in [7, 11) is 3.82. The highest BCUT2D eigenvalue weighted by Gasteiger charge is 2.13. The fourth-order valence-corrected chi connectivity index (χ4v) is 3.48. The van der Waals surface area contributed by atoms with Crippen LogP contribution in [0.25, 0.3) is 11.3 Å². The van der Waals surface area contributed by atoms with E-state index in [1.165, 1.54) is 11.8 Å². The van der Waals surface area contributed by atoms with Crippen molar-refractivity contribution in [1.29, 1.82) is 0 Å². The van der Waals surface area contributed by atoms with E-state index in [9.17, 15) is 4.79 Å². The molecular weight excluding hydrogens is 330 g/mol. The van der Waals surface area contributed by atoms with E-state index in [-0.39, 0.29) is 5.91 Å². The summed E-state index contributed by atoms with van der Waals surface area (Å²) >= 11 is 1.47. The summed E-state index contributed by atoms with van der Waals surface area (Å²) < 4.78 is 2.03. The van der Waals surface area contributed by atoms with Crippen LogP contribution in [0.5, 0.6) is 0 Å². The Hall–Kier alpha value is -2.53. The Morgan fingerprint density at radius 3 is 2.40 bits per heavy atom. The molecule has 0 saturated heterocycles. The number of thioether (sulfide) groups is 1. The molecule has 0 unspecified atom stereocenters. The van der Waals surface area contributed by atoms with Gasteiger partial charge in [0, 0.05) is 20.6 Å². The van der Waals surface area contributed by atoms with Crippen LogP contribution in [0, 0.1) is 0 Å². The van der Waals surface area contributed by atoms with Crippen molar-refractivity contribution < 1.29 is 4.79 Å². The molecule has 1 heterocycles. The maximum absolute atomic E-state index is 12.4. The molecule has 0 N–H and O–H groups in total. The molecule has 0 spiro atoms. The maximum atomic E-state index is 12.4. The van der Waals surface area contributed by atoms with Gasteiger partial charge in [0.15, 0.2) is 5.16 Å². The summed E-state index contributed by atoms with van der Waals surface area (Å²) in [6, 6.07) is 20.2. The fraction of sp³-hybridized carbons (Fsp3) is 0.200. The van der Waals surface area contributed by atoms with Gasteiger partial charge in [-0.05, 0) is 11.1 Å². The van der Waals surface area contributed by atoms with Crippen molar-refractivity contribution in [2.24, 2.45) is 7.05 Å². The highest BCUT2D eigenvalue weighted by molar-refractivity contribution is 7.99. The second-order valence-corrected chi connectivity index (χ2v) is 6.82. The lowest BCUT2D eigenvalue weighted by molar-refractivity contribution is -0.127. The molecule has 3 rings (SSSR count). The molecule has 4 nitrogen and oxygen atoms in total. The first-order valence-corrected chi connectivity index (χ1v) is 9.11. The van der Waals surface area contributed by atoms with E-state index >= 15 is 0 Å². The topological polar surface area (TPSA) is 38.1 Å². The smallest absolute Gasteiger partial charge is 0.233 e. The molecule has 5 heteroatoms.